The number of nitrogens with zero attached hydrogens (tertiary/aromatic N) is 4. The lowest BCUT2D eigenvalue weighted by Crippen LogP contribution is -2.36. The number of amides is 1. The maximum absolute atomic E-state index is 13.7. The monoisotopic (exact) mass is 595 g/mol. The number of carbonyl (C=O) groups is 1. The van der Waals surface area contributed by atoms with E-state index in [1.807, 2.05) is 28.5 Å². The Bertz CT molecular complexity index is 1580. The van der Waals surface area contributed by atoms with Gasteiger partial charge in [0.25, 0.3) is 0 Å². The van der Waals surface area contributed by atoms with Crippen LogP contribution in [0.3, 0.4) is 0 Å². The number of pyridine rings is 1. The highest BCUT2D eigenvalue weighted by atomic mass is 32.2. The van der Waals surface area contributed by atoms with Crippen LogP contribution in [-0.4, -0.2) is 33.9 Å². The van der Waals surface area contributed by atoms with Gasteiger partial charge >= 0.3 is 6.18 Å². The lowest BCUT2D eigenvalue weighted by atomic mass is 9.94. The second-order valence-corrected chi connectivity index (χ2v) is 11.3. The third-order valence-electron chi connectivity index (χ3n) is 6.55. The van der Waals surface area contributed by atoms with Crippen molar-refractivity contribution in [3.8, 4) is 17.6 Å². The Kier molecular flexibility index (Phi) is 8.46. The molecule has 0 unspecified atom stereocenters. The molecule has 4 aromatic rings. The molecule has 41 heavy (non-hydrogen) atoms. The molecule has 2 aromatic heterocycles. The Morgan fingerprint density at radius 2 is 1.93 bits per heavy atom. The van der Waals surface area contributed by atoms with Crippen molar-refractivity contribution in [2.24, 2.45) is 0 Å². The van der Waals surface area contributed by atoms with Gasteiger partial charge in [0.2, 0.25) is 5.91 Å². The average molecular weight is 596 g/mol. The van der Waals surface area contributed by atoms with E-state index in [0.717, 1.165) is 36.4 Å². The number of nitriles is 1. The fraction of sp³-hybridized carbons (Fsp3) is 0.241. The van der Waals surface area contributed by atoms with Crippen LogP contribution in [0.2, 0.25) is 0 Å². The Morgan fingerprint density at radius 1 is 1.17 bits per heavy atom. The molecule has 0 saturated carbocycles. The van der Waals surface area contributed by atoms with Crippen LogP contribution in [0, 0.1) is 11.3 Å². The number of para-hydroxylation sites is 1. The van der Waals surface area contributed by atoms with Crippen molar-refractivity contribution >= 4 is 40.0 Å². The highest BCUT2D eigenvalue weighted by Gasteiger charge is 2.34. The fourth-order valence-electron chi connectivity index (χ4n) is 4.43. The summed E-state index contributed by atoms with van der Waals surface area (Å²) in [5.74, 6) is 1.54. The van der Waals surface area contributed by atoms with E-state index >= 15 is 0 Å². The zero-order valence-electron chi connectivity index (χ0n) is 21.8. The number of alkyl halides is 3. The molecule has 3 heterocycles. The van der Waals surface area contributed by atoms with Crippen LogP contribution in [-0.2, 0) is 11.0 Å². The van der Waals surface area contributed by atoms with Crippen molar-refractivity contribution in [3.63, 3.8) is 0 Å². The number of nitrogens with one attached hydrogen (secondary N) is 1. The van der Waals surface area contributed by atoms with Crippen molar-refractivity contribution in [2.45, 2.75) is 41.7 Å². The van der Waals surface area contributed by atoms with Gasteiger partial charge < -0.3 is 15.0 Å². The summed E-state index contributed by atoms with van der Waals surface area (Å²) in [4.78, 5) is 23.1. The molecule has 0 atom stereocenters. The molecule has 1 aliphatic rings. The topological polar surface area (TPSA) is 91.1 Å². The first-order chi connectivity index (χ1) is 19.7. The van der Waals surface area contributed by atoms with E-state index in [-0.39, 0.29) is 22.3 Å². The van der Waals surface area contributed by atoms with Gasteiger partial charge in [-0.25, -0.2) is 9.97 Å². The summed E-state index contributed by atoms with van der Waals surface area (Å²) >= 11 is 2.30. The van der Waals surface area contributed by atoms with Gasteiger partial charge in [-0.1, -0.05) is 30.0 Å². The Hall–Kier alpha value is -4.08. The van der Waals surface area contributed by atoms with Crippen LogP contribution in [0.4, 0.5) is 24.1 Å². The minimum Gasteiger partial charge on any atom is -0.453 e. The van der Waals surface area contributed by atoms with Crippen LogP contribution >= 0.6 is 23.1 Å². The number of likely N-dealkylation sites (tertiary alicyclic amines) is 1. The van der Waals surface area contributed by atoms with E-state index in [4.69, 9.17) is 15.0 Å². The second-order valence-electron chi connectivity index (χ2n) is 9.34. The number of piperidine rings is 1. The third-order valence-corrected chi connectivity index (χ3v) is 8.36. The molecule has 1 aliphatic heterocycles. The summed E-state index contributed by atoms with van der Waals surface area (Å²) in [6.45, 7) is 2.98. The lowest BCUT2D eigenvalue weighted by molar-refractivity contribution is -0.139. The number of ether oxygens (including phenoxy) is 1. The van der Waals surface area contributed by atoms with Gasteiger partial charge in [-0.05, 0) is 43.2 Å². The number of halogens is 3. The van der Waals surface area contributed by atoms with Crippen LogP contribution in [0.5, 0.6) is 11.5 Å². The number of hydrogen-bond acceptors (Lipinski definition) is 8. The first-order valence-electron chi connectivity index (χ1n) is 12.7. The summed E-state index contributed by atoms with van der Waals surface area (Å²) in [5, 5.41) is 14.9. The molecule has 0 bridgehead atoms. The molecule has 1 amide bonds. The molecule has 7 nitrogen and oxygen atoms in total. The van der Waals surface area contributed by atoms with Crippen LogP contribution in [0.1, 0.15) is 42.5 Å². The number of hydrogen-bond donors (Lipinski definition) is 1. The quantitative estimate of drug-likeness (QED) is 0.233. The number of rotatable bonds is 7. The molecule has 1 saturated heterocycles. The Morgan fingerprint density at radius 3 is 2.61 bits per heavy atom. The van der Waals surface area contributed by atoms with E-state index in [1.54, 1.807) is 31.2 Å². The molecule has 1 fully saturated rings. The Balaban J connectivity index is 1.40. The van der Waals surface area contributed by atoms with Crippen molar-refractivity contribution in [2.75, 3.05) is 18.4 Å². The minimum absolute atomic E-state index is 0.0509. The average Bonchev–Trinajstić information content (AvgIpc) is 3.43. The summed E-state index contributed by atoms with van der Waals surface area (Å²) in [6, 6.07) is 15.9. The molecule has 12 heteroatoms. The second kappa shape index (κ2) is 12.2. The third kappa shape index (κ3) is 6.99. The molecule has 0 spiro atoms. The van der Waals surface area contributed by atoms with Crippen molar-refractivity contribution in [3.05, 3.63) is 83.0 Å². The maximum atomic E-state index is 13.7. The first kappa shape index (κ1) is 28.4. The van der Waals surface area contributed by atoms with Gasteiger partial charge in [0.05, 0.1) is 22.9 Å². The standard InChI is InChI=1S/C29H24F3N5O2S2/c1-18(38)37-11-9-20(10-12-37)24-17-40-28(35-24)36-27-25(39-21-5-3-2-4-6-21)14-22(16-34-27)41-26-8-7-19(15-33)13-23(26)29(30,31)32/h2-8,13-14,16-17,20H,9-12H2,1H3,(H,34,35,36). The molecule has 5 rings (SSSR count). The van der Waals surface area contributed by atoms with E-state index in [9.17, 15) is 18.0 Å². The highest BCUT2D eigenvalue weighted by molar-refractivity contribution is 7.99. The molecular formula is C29H24F3N5O2S2. The van der Waals surface area contributed by atoms with Gasteiger partial charge in [0.15, 0.2) is 16.7 Å². The van der Waals surface area contributed by atoms with Crippen molar-refractivity contribution in [1.29, 1.82) is 5.26 Å². The summed E-state index contributed by atoms with van der Waals surface area (Å²) < 4.78 is 47.3. The largest absolute Gasteiger partial charge is 0.453 e. The predicted octanol–water partition coefficient (Wildman–Crippen LogP) is 7.84. The molecule has 2 aromatic carbocycles. The van der Waals surface area contributed by atoms with Crippen molar-refractivity contribution in [1.82, 2.24) is 14.9 Å². The summed E-state index contributed by atoms with van der Waals surface area (Å²) in [6.07, 6.45) is -1.48. The number of benzene rings is 2. The van der Waals surface area contributed by atoms with Crippen LogP contribution in [0.15, 0.2) is 76.0 Å². The minimum atomic E-state index is -4.63. The summed E-state index contributed by atoms with van der Waals surface area (Å²) in [5.41, 5.74) is -0.0164. The zero-order chi connectivity index (χ0) is 29.0. The van der Waals surface area contributed by atoms with E-state index in [2.05, 4.69) is 10.3 Å². The number of thiazole rings is 1. The molecular weight excluding hydrogens is 571 g/mol. The van der Waals surface area contributed by atoms with E-state index in [0.29, 0.717) is 40.4 Å². The Labute approximate surface area is 243 Å². The first-order valence-corrected chi connectivity index (χ1v) is 14.4. The smallest absolute Gasteiger partial charge is 0.417 e. The summed E-state index contributed by atoms with van der Waals surface area (Å²) in [7, 11) is 0. The lowest BCUT2D eigenvalue weighted by Gasteiger charge is -2.30. The zero-order valence-corrected chi connectivity index (χ0v) is 23.4. The van der Waals surface area contributed by atoms with E-state index in [1.165, 1.54) is 29.7 Å². The number of carbonyl (C=O) groups excluding carboxylic acids is 1. The molecule has 1 N–H and O–H groups in total. The molecule has 0 radical (unpaired) electrons. The van der Waals surface area contributed by atoms with Gasteiger partial charge in [-0.2, -0.15) is 18.4 Å². The van der Waals surface area contributed by atoms with Crippen LogP contribution < -0.4 is 10.1 Å². The van der Waals surface area contributed by atoms with Gasteiger partial charge in [-0.15, -0.1) is 11.3 Å². The van der Waals surface area contributed by atoms with Gasteiger partial charge in [-0.3, -0.25) is 4.79 Å². The fourth-order valence-corrected chi connectivity index (χ4v) is 6.17. The van der Waals surface area contributed by atoms with Gasteiger partial charge in [0.1, 0.15) is 5.75 Å². The SMILES string of the molecule is CC(=O)N1CCC(c2csc(Nc3ncc(Sc4ccc(C#N)cc4C(F)(F)F)cc3Oc3ccccc3)n2)CC1. The van der Waals surface area contributed by atoms with Crippen molar-refractivity contribution < 1.29 is 22.7 Å². The number of anilines is 2. The molecule has 0 aliphatic carbocycles. The van der Waals surface area contributed by atoms with Gasteiger partial charge in [0, 0.05) is 53.4 Å². The van der Waals surface area contributed by atoms with Crippen LogP contribution in [0.25, 0.3) is 0 Å². The van der Waals surface area contributed by atoms with E-state index < -0.39 is 11.7 Å². The molecule has 210 valence electrons. The highest BCUT2D eigenvalue weighted by Crippen LogP contribution is 2.42. The normalized spacial score (nSPS) is 14.0. The maximum Gasteiger partial charge on any atom is 0.417 e. The number of aromatic nitrogens is 2. The predicted molar refractivity (Wildman–Crippen MR) is 151 cm³/mol.